The molecule has 2 N–H and O–H groups in total. The molecule has 116 valence electrons. The normalized spacial score (nSPS) is 11.9. The van der Waals surface area contributed by atoms with Gasteiger partial charge in [0.1, 0.15) is 4.34 Å². The first-order valence-electron chi connectivity index (χ1n) is 6.60. The molecule has 1 aromatic heterocycles. The highest BCUT2D eigenvalue weighted by Gasteiger charge is 2.18. The van der Waals surface area contributed by atoms with E-state index in [1.54, 1.807) is 35.2 Å². The van der Waals surface area contributed by atoms with Crippen LogP contribution in [0.5, 0.6) is 0 Å². The summed E-state index contributed by atoms with van der Waals surface area (Å²) in [5.74, 6) is -0.611. The summed E-state index contributed by atoms with van der Waals surface area (Å²) in [6.07, 6.45) is -0.949. The quantitative estimate of drug-likeness (QED) is 0.648. The average molecular weight is 336 g/mol. The highest BCUT2D eigenvalue weighted by molar-refractivity contribution is 8.00. The summed E-state index contributed by atoms with van der Waals surface area (Å²) >= 11 is 3.13. The number of amides is 1. The Morgan fingerprint density at radius 1 is 1.41 bits per heavy atom. The number of nitrogens with zero attached hydrogens (tertiary/aromatic N) is 1. The van der Waals surface area contributed by atoms with Gasteiger partial charge in [0.15, 0.2) is 6.10 Å². The lowest BCUT2D eigenvalue weighted by molar-refractivity contribution is -0.125. The molecule has 0 spiro atoms. The Morgan fingerprint density at radius 2 is 2.14 bits per heavy atom. The van der Waals surface area contributed by atoms with Crippen LogP contribution in [0, 0.1) is 6.92 Å². The molecular formula is C15H16N2O3S2. The number of carbonyl (C=O) groups is 2. The number of carbonyl (C=O) groups excluding carboxylic acids is 2. The molecule has 7 heteroatoms. The summed E-state index contributed by atoms with van der Waals surface area (Å²) in [7, 11) is 0. The van der Waals surface area contributed by atoms with Gasteiger partial charge in [0, 0.05) is 16.8 Å². The average Bonchev–Trinajstić information content (AvgIpc) is 2.90. The van der Waals surface area contributed by atoms with Crippen molar-refractivity contribution in [2.75, 3.05) is 0 Å². The molecule has 22 heavy (non-hydrogen) atoms. The second-order valence-corrected chi connectivity index (χ2v) is 6.73. The number of esters is 1. The number of hydrogen-bond acceptors (Lipinski definition) is 6. The van der Waals surface area contributed by atoms with E-state index < -0.39 is 18.0 Å². The number of hydrogen-bond donors (Lipinski definition) is 1. The van der Waals surface area contributed by atoms with Crippen LogP contribution in [0.25, 0.3) is 0 Å². The topological polar surface area (TPSA) is 82.3 Å². The van der Waals surface area contributed by atoms with Crippen LogP contribution in [0.2, 0.25) is 0 Å². The number of thiazole rings is 1. The lowest BCUT2D eigenvalue weighted by atomic mass is 10.1. The van der Waals surface area contributed by atoms with E-state index in [4.69, 9.17) is 10.5 Å². The highest BCUT2D eigenvalue weighted by atomic mass is 32.2. The van der Waals surface area contributed by atoms with Crippen molar-refractivity contribution >= 4 is 35.0 Å². The third-order valence-corrected chi connectivity index (χ3v) is 5.06. The zero-order valence-electron chi connectivity index (χ0n) is 12.2. The molecule has 0 bridgehead atoms. The van der Waals surface area contributed by atoms with Gasteiger partial charge in [0.05, 0.1) is 5.56 Å². The number of nitrogens with two attached hydrogens (primary N) is 1. The van der Waals surface area contributed by atoms with Crippen LogP contribution in [0.15, 0.2) is 34.0 Å². The van der Waals surface area contributed by atoms with Gasteiger partial charge in [0.2, 0.25) is 0 Å². The molecular weight excluding hydrogens is 320 g/mol. The SMILES string of the molecule is Cc1csc(SCc2ccccc2C(=O)O[C@H](C)C(N)=O)n1. The minimum absolute atomic E-state index is 0.441. The summed E-state index contributed by atoms with van der Waals surface area (Å²) < 4.78 is 6.01. The first-order chi connectivity index (χ1) is 10.5. The Labute approximate surface area is 136 Å². The molecule has 2 aromatic rings. The first-order valence-corrected chi connectivity index (χ1v) is 8.47. The predicted molar refractivity (Wildman–Crippen MR) is 86.9 cm³/mol. The number of aryl methyl sites for hydroxylation is 1. The minimum atomic E-state index is -0.949. The maximum Gasteiger partial charge on any atom is 0.339 e. The van der Waals surface area contributed by atoms with Crippen molar-refractivity contribution < 1.29 is 14.3 Å². The lowest BCUT2D eigenvalue weighted by Gasteiger charge is -2.12. The fourth-order valence-corrected chi connectivity index (χ4v) is 3.52. The minimum Gasteiger partial charge on any atom is -0.449 e. The molecule has 1 aromatic carbocycles. The summed E-state index contributed by atoms with van der Waals surface area (Å²) in [6, 6.07) is 7.16. The molecule has 1 heterocycles. The van der Waals surface area contributed by atoms with Crippen molar-refractivity contribution in [3.63, 3.8) is 0 Å². The van der Waals surface area contributed by atoms with Crippen molar-refractivity contribution in [2.24, 2.45) is 5.73 Å². The molecule has 1 amide bonds. The lowest BCUT2D eigenvalue weighted by Crippen LogP contribution is -2.30. The van der Waals surface area contributed by atoms with Gasteiger partial charge in [-0.1, -0.05) is 30.0 Å². The van der Waals surface area contributed by atoms with Gasteiger partial charge in [-0.3, -0.25) is 4.79 Å². The van der Waals surface area contributed by atoms with E-state index in [9.17, 15) is 9.59 Å². The molecule has 0 unspecified atom stereocenters. The van der Waals surface area contributed by atoms with E-state index in [-0.39, 0.29) is 0 Å². The van der Waals surface area contributed by atoms with E-state index >= 15 is 0 Å². The van der Waals surface area contributed by atoms with Gasteiger partial charge in [-0.15, -0.1) is 11.3 Å². The maximum absolute atomic E-state index is 12.1. The van der Waals surface area contributed by atoms with Gasteiger partial charge in [-0.25, -0.2) is 9.78 Å². The molecule has 0 aliphatic heterocycles. The van der Waals surface area contributed by atoms with Gasteiger partial charge in [0.25, 0.3) is 5.91 Å². The van der Waals surface area contributed by atoms with Gasteiger partial charge in [-0.2, -0.15) is 0 Å². The number of benzene rings is 1. The van der Waals surface area contributed by atoms with Crippen molar-refractivity contribution in [3.8, 4) is 0 Å². The second-order valence-electron chi connectivity index (χ2n) is 4.65. The first kappa shape index (κ1) is 16.5. The Morgan fingerprint density at radius 3 is 2.77 bits per heavy atom. The van der Waals surface area contributed by atoms with Crippen LogP contribution in [0.4, 0.5) is 0 Å². The third-order valence-electron chi connectivity index (χ3n) is 2.87. The smallest absolute Gasteiger partial charge is 0.339 e. The van der Waals surface area contributed by atoms with E-state index in [1.807, 2.05) is 24.4 Å². The van der Waals surface area contributed by atoms with Crippen LogP contribution < -0.4 is 5.73 Å². The molecule has 0 saturated heterocycles. The Hall–Kier alpha value is -1.86. The summed E-state index contributed by atoms with van der Waals surface area (Å²) in [6.45, 7) is 3.40. The third kappa shape index (κ3) is 4.32. The largest absolute Gasteiger partial charge is 0.449 e. The van der Waals surface area contributed by atoms with Crippen LogP contribution in [0.3, 0.4) is 0 Å². The second kappa shape index (κ2) is 7.42. The Bertz CT molecular complexity index is 685. The number of ether oxygens (including phenoxy) is 1. The molecule has 0 fully saturated rings. The zero-order chi connectivity index (χ0) is 16.1. The number of primary amides is 1. The van der Waals surface area contributed by atoms with E-state index in [2.05, 4.69) is 4.98 Å². The summed E-state index contributed by atoms with van der Waals surface area (Å²) in [5.41, 5.74) is 7.37. The van der Waals surface area contributed by atoms with Crippen LogP contribution >= 0.6 is 23.1 Å². The van der Waals surface area contributed by atoms with E-state index in [0.29, 0.717) is 11.3 Å². The van der Waals surface area contributed by atoms with Gasteiger partial charge < -0.3 is 10.5 Å². The highest BCUT2D eigenvalue weighted by Crippen LogP contribution is 2.27. The van der Waals surface area contributed by atoms with Crippen molar-refractivity contribution in [1.29, 1.82) is 0 Å². The summed E-state index contributed by atoms with van der Waals surface area (Å²) in [5, 5.41) is 1.98. The van der Waals surface area contributed by atoms with Gasteiger partial charge >= 0.3 is 5.97 Å². The standard InChI is InChI=1S/C15H16N2O3S2/c1-9-7-21-15(17-9)22-8-11-5-3-4-6-12(11)14(19)20-10(2)13(16)18/h3-7,10H,8H2,1-2H3,(H2,16,18)/t10-/m1/s1. The molecule has 0 saturated carbocycles. The molecule has 0 aliphatic rings. The number of aromatic nitrogens is 1. The van der Waals surface area contributed by atoms with Crippen molar-refractivity contribution in [1.82, 2.24) is 4.98 Å². The molecule has 0 aliphatic carbocycles. The Balaban J connectivity index is 2.09. The van der Waals surface area contributed by atoms with Crippen LogP contribution in [0.1, 0.15) is 28.5 Å². The predicted octanol–water partition coefficient (Wildman–Crippen LogP) is 2.77. The zero-order valence-corrected chi connectivity index (χ0v) is 13.9. The van der Waals surface area contributed by atoms with Gasteiger partial charge in [-0.05, 0) is 25.5 Å². The fourth-order valence-electron chi connectivity index (χ4n) is 1.67. The van der Waals surface area contributed by atoms with Crippen molar-refractivity contribution in [3.05, 3.63) is 46.5 Å². The van der Waals surface area contributed by atoms with E-state index in [0.717, 1.165) is 15.6 Å². The van der Waals surface area contributed by atoms with Crippen molar-refractivity contribution in [2.45, 2.75) is 30.0 Å². The van der Waals surface area contributed by atoms with Crippen LogP contribution in [-0.2, 0) is 15.3 Å². The molecule has 0 radical (unpaired) electrons. The molecule has 5 nitrogen and oxygen atoms in total. The molecule has 1 atom stereocenters. The summed E-state index contributed by atoms with van der Waals surface area (Å²) in [4.78, 5) is 27.5. The monoisotopic (exact) mass is 336 g/mol. The molecule has 2 rings (SSSR count). The Kier molecular flexibility index (Phi) is 5.57. The van der Waals surface area contributed by atoms with E-state index in [1.165, 1.54) is 6.92 Å². The fraction of sp³-hybridized carbons (Fsp3) is 0.267. The number of rotatable bonds is 6. The maximum atomic E-state index is 12.1. The number of thioether (sulfide) groups is 1. The van der Waals surface area contributed by atoms with Crippen LogP contribution in [-0.4, -0.2) is 23.0 Å².